The van der Waals surface area contributed by atoms with Gasteiger partial charge in [0, 0.05) is 23.7 Å². The number of hydrogen-bond donors (Lipinski definition) is 3. The highest BCUT2D eigenvalue weighted by molar-refractivity contribution is 5.76. The van der Waals surface area contributed by atoms with E-state index in [1.54, 1.807) is 0 Å². The zero-order valence-electron chi connectivity index (χ0n) is 13.6. The van der Waals surface area contributed by atoms with Crippen LogP contribution in [0, 0.1) is 0 Å². The summed E-state index contributed by atoms with van der Waals surface area (Å²) in [5.41, 5.74) is 9.92. The van der Waals surface area contributed by atoms with E-state index in [9.17, 15) is 4.79 Å². The molecule has 1 unspecified atom stereocenters. The Morgan fingerprint density at radius 3 is 2.43 bits per heavy atom. The molecule has 3 rings (SSSR count). The molecule has 4 heteroatoms. The van der Waals surface area contributed by atoms with Crippen molar-refractivity contribution in [2.45, 2.75) is 26.2 Å². The summed E-state index contributed by atoms with van der Waals surface area (Å²) in [6.07, 6.45) is 0.486. The standard InChI is InChI=1S/C10H11N.C9H12N2O/c1-7-8(2)11-10-6-4-3-5-9(7)10;1-2-9(12)11-10-8-6-4-3-5-7-8/h3-7,11H,2H2,1H3;3-7,10H,2H2,1H3,(H,11,12). The SMILES string of the molecule is C=C1Nc2ccccc2C1C.CCC(=O)NNc1ccccc1. The molecular formula is C19H23N3O. The number of benzene rings is 2. The van der Waals surface area contributed by atoms with Crippen LogP contribution in [0.5, 0.6) is 0 Å². The summed E-state index contributed by atoms with van der Waals surface area (Å²) in [6, 6.07) is 17.8. The molecular weight excluding hydrogens is 286 g/mol. The predicted molar refractivity (Wildman–Crippen MR) is 96.1 cm³/mol. The highest BCUT2D eigenvalue weighted by Crippen LogP contribution is 2.36. The molecule has 1 aliphatic heterocycles. The van der Waals surface area contributed by atoms with Gasteiger partial charge < -0.3 is 5.32 Å². The van der Waals surface area contributed by atoms with E-state index in [1.165, 1.54) is 11.3 Å². The summed E-state index contributed by atoms with van der Waals surface area (Å²) in [4.78, 5) is 10.8. The normalized spacial score (nSPS) is 14.9. The number of fused-ring (bicyclic) bond motifs is 1. The third-order valence-corrected chi connectivity index (χ3v) is 3.69. The summed E-state index contributed by atoms with van der Waals surface area (Å²) >= 11 is 0. The zero-order chi connectivity index (χ0) is 16.7. The molecule has 3 N–H and O–H groups in total. The minimum Gasteiger partial charge on any atom is -0.359 e. The second-order valence-corrected chi connectivity index (χ2v) is 5.35. The van der Waals surface area contributed by atoms with Gasteiger partial charge in [-0.25, -0.2) is 0 Å². The second-order valence-electron chi connectivity index (χ2n) is 5.35. The predicted octanol–water partition coefficient (Wildman–Crippen LogP) is 4.27. The number of anilines is 2. The molecule has 120 valence electrons. The minimum absolute atomic E-state index is 0.0150. The Bertz CT molecular complexity index is 667. The van der Waals surface area contributed by atoms with Crippen molar-refractivity contribution in [2.75, 3.05) is 10.7 Å². The smallest absolute Gasteiger partial charge is 0.238 e. The van der Waals surface area contributed by atoms with E-state index in [0.29, 0.717) is 12.3 Å². The molecule has 1 atom stereocenters. The minimum atomic E-state index is -0.0150. The quantitative estimate of drug-likeness (QED) is 0.742. The largest absolute Gasteiger partial charge is 0.359 e. The van der Waals surface area contributed by atoms with Gasteiger partial charge in [0.05, 0.1) is 5.69 Å². The molecule has 2 aromatic rings. The Morgan fingerprint density at radius 1 is 1.13 bits per heavy atom. The van der Waals surface area contributed by atoms with Crippen molar-refractivity contribution in [3.05, 3.63) is 72.4 Å². The lowest BCUT2D eigenvalue weighted by molar-refractivity contribution is -0.120. The average Bonchev–Trinajstić information content (AvgIpc) is 2.89. The maximum atomic E-state index is 10.8. The van der Waals surface area contributed by atoms with Gasteiger partial charge in [0.1, 0.15) is 0 Å². The van der Waals surface area contributed by atoms with E-state index in [4.69, 9.17) is 0 Å². The Kier molecular flexibility index (Phi) is 5.80. The molecule has 2 aromatic carbocycles. The fourth-order valence-electron chi connectivity index (χ4n) is 2.21. The molecule has 0 spiro atoms. The molecule has 23 heavy (non-hydrogen) atoms. The third-order valence-electron chi connectivity index (χ3n) is 3.69. The van der Waals surface area contributed by atoms with Crippen molar-refractivity contribution >= 4 is 17.3 Å². The fourth-order valence-corrected chi connectivity index (χ4v) is 2.21. The summed E-state index contributed by atoms with van der Waals surface area (Å²) in [5.74, 6) is 0.449. The van der Waals surface area contributed by atoms with Crippen LogP contribution in [0.1, 0.15) is 31.7 Å². The highest BCUT2D eigenvalue weighted by Gasteiger charge is 2.19. The summed E-state index contributed by atoms with van der Waals surface area (Å²) < 4.78 is 0. The van der Waals surface area contributed by atoms with E-state index in [2.05, 4.69) is 47.9 Å². The van der Waals surface area contributed by atoms with Gasteiger partial charge in [0.2, 0.25) is 5.91 Å². The van der Waals surface area contributed by atoms with Crippen molar-refractivity contribution in [3.63, 3.8) is 0 Å². The van der Waals surface area contributed by atoms with Crippen LogP contribution in [0.15, 0.2) is 66.9 Å². The van der Waals surface area contributed by atoms with Crippen LogP contribution in [-0.2, 0) is 4.79 Å². The van der Waals surface area contributed by atoms with E-state index in [-0.39, 0.29) is 5.91 Å². The first-order valence-corrected chi connectivity index (χ1v) is 7.76. The number of para-hydroxylation sites is 2. The summed E-state index contributed by atoms with van der Waals surface area (Å²) in [5, 5.41) is 3.25. The lowest BCUT2D eigenvalue weighted by Crippen LogP contribution is -2.28. The Hall–Kier alpha value is -2.75. The van der Waals surface area contributed by atoms with Crippen LogP contribution < -0.4 is 16.2 Å². The van der Waals surface area contributed by atoms with E-state index >= 15 is 0 Å². The molecule has 1 amide bonds. The first kappa shape index (κ1) is 16.6. The average molecular weight is 309 g/mol. The van der Waals surface area contributed by atoms with Gasteiger partial charge in [0.25, 0.3) is 0 Å². The van der Waals surface area contributed by atoms with Crippen molar-refractivity contribution < 1.29 is 4.79 Å². The molecule has 0 saturated carbocycles. The highest BCUT2D eigenvalue weighted by atomic mass is 16.2. The van der Waals surface area contributed by atoms with Gasteiger partial charge in [-0.3, -0.25) is 15.6 Å². The van der Waals surface area contributed by atoms with Crippen LogP contribution in [-0.4, -0.2) is 5.91 Å². The molecule has 0 aliphatic carbocycles. The topological polar surface area (TPSA) is 53.2 Å². The molecule has 0 bridgehead atoms. The molecule has 1 aliphatic rings. The fraction of sp³-hybridized carbons (Fsp3) is 0.211. The van der Waals surface area contributed by atoms with Crippen LogP contribution >= 0.6 is 0 Å². The Balaban J connectivity index is 0.000000167. The molecule has 0 fully saturated rings. The van der Waals surface area contributed by atoms with E-state index in [0.717, 1.165) is 11.4 Å². The number of carbonyl (C=O) groups is 1. The van der Waals surface area contributed by atoms with Crippen LogP contribution in [0.25, 0.3) is 0 Å². The number of rotatable bonds is 3. The number of allylic oxidation sites excluding steroid dienone is 1. The van der Waals surface area contributed by atoms with Crippen molar-refractivity contribution in [1.29, 1.82) is 0 Å². The van der Waals surface area contributed by atoms with E-state index < -0.39 is 0 Å². The van der Waals surface area contributed by atoms with Gasteiger partial charge in [-0.2, -0.15) is 0 Å². The molecule has 4 nitrogen and oxygen atoms in total. The van der Waals surface area contributed by atoms with Gasteiger partial charge in [-0.05, 0) is 23.8 Å². The van der Waals surface area contributed by atoms with Gasteiger partial charge in [-0.1, -0.05) is 56.8 Å². The third kappa shape index (κ3) is 4.61. The number of carbonyl (C=O) groups excluding carboxylic acids is 1. The van der Waals surface area contributed by atoms with Crippen LogP contribution in [0.3, 0.4) is 0 Å². The zero-order valence-corrected chi connectivity index (χ0v) is 13.6. The number of amides is 1. The lowest BCUT2D eigenvalue weighted by atomic mass is 10.0. The lowest BCUT2D eigenvalue weighted by Gasteiger charge is -2.05. The molecule has 0 saturated heterocycles. The first-order chi connectivity index (χ1) is 11.1. The van der Waals surface area contributed by atoms with Crippen molar-refractivity contribution in [2.24, 2.45) is 0 Å². The Morgan fingerprint density at radius 2 is 1.78 bits per heavy atom. The maximum absolute atomic E-state index is 10.8. The monoisotopic (exact) mass is 309 g/mol. The van der Waals surface area contributed by atoms with Gasteiger partial charge in [0.15, 0.2) is 0 Å². The molecule has 0 radical (unpaired) electrons. The second kappa shape index (κ2) is 8.03. The van der Waals surface area contributed by atoms with Gasteiger partial charge >= 0.3 is 0 Å². The van der Waals surface area contributed by atoms with Crippen LogP contribution in [0.2, 0.25) is 0 Å². The first-order valence-electron chi connectivity index (χ1n) is 7.76. The number of nitrogens with one attached hydrogen (secondary N) is 3. The maximum Gasteiger partial charge on any atom is 0.238 e. The Labute approximate surface area is 137 Å². The molecule has 1 heterocycles. The molecule has 0 aromatic heterocycles. The number of hydrazine groups is 1. The van der Waals surface area contributed by atoms with Crippen molar-refractivity contribution in [1.82, 2.24) is 5.43 Å². The summed E-state index contributed by atoms with van der Waals surface area (Å²) in [7, 11) is 0. The van der Waals surface area contributed by atoms with E-state index in [1.807, 2.05) is 43.3 Å². The van der Waals surface area contributed by atoms with Crippen molar-refractivity contribution in [3.8, 4) is 0 Å². The van der Waals surface area contributed by atoms with Gasteiger partial charge in [-0.15, -0.1) is 0 Å². The summed E-state index contributed by atoms with van der Waals surface area (Å²) in [6.45, 7) is 7.91. The van der Waals surface area contributed by atoms with Crippen LogP contribution in [0.4, 0.5) is 11.4 Å². The number of hydrogen-bond acceptors (Lipinski definition) is 3.